The molecule has 0 unspecified atom stereocenters. The molecule has 6 nitrogen and oxygen atoms in total. The van der Waals surface area contributed by atoms with Crippen LogP contribution < -0.4 is 19.9 Å². The number of nitrogens with one attached hydrogen (secondary N) is 1. The van der Waals surface area contributed by atoms with Gasteiger partial charge in [0.1, 0.15) is 11.8 Å². The zero-order valence-electron chi connectivity index (χ0n) is 19.4. The number of para-hydroxylation sites is 2. The molecule has 1 N–H and O–H groups in total. The van der Waals surface area contributed by atoms with E-state index in [1.54, 1.807) is 7.11 Å². The number of hydrogen-bond donors (Lipinski definition) is 1. The first-order valence-electron chi connectivity index (χ1n) is 11.2. The summed E-state index contributed by atoms with van der Waals surface area (Å²) in [5, 5.41) is 4.17. The van der Waals surface area contributed by atoms with E-state index in [4.69, 9.17) is 17.0 Å². The summed E-state index contributed by atoms with van der Waals surface area (Å²) < 4.78 is 7.93. The van der Waals surface area contributed by atoms with Crippen molar-refractivity contribution in [2.24, 2.45) is 0 Å². The van der Waals surface area contributed by atoms with Crippen LogP contribution in [0.3, 0.4) is 0 Å². The largest absolute Gasteiger partial charge is 0.495 e. The highest BCUT2D eigenvalue weighted by molar-refractivity contribution is 7.80. The maximum atomic E-state index is 5.88. The zero-order valence-corrected chi connectivity index (χ0v) is 20.2. The van der Waals surface area contributed by atoms with Crippen molar-refractivity contribution < 1.29 is 4.74 Å². The molecular formula is C27H27N5OS. The fraction of sp³-hybridized carbons (Fsp3) is 0.185. The predicted octanol–water partition coefficient (Wildman–Crippen LogP) is 5.12. The molecule has 172 valence electrons. The van der Waals surface area contributed by atoms with Gasteiger partial charge in [-0.2, -0.15) is 0 Å². The van der Waals surface area contributed by atoms with Gasteiger partial charge in [0.15, 0.2) is 5.11 Å². The van der Waals surface area contributed by atoms with Gasteiger partial charge < -0.3 is 24.4 Å². The number of benzene rings is 2. The Labute approximate surface area is 205 Å². The molecule has 34 heavy (non-hydrogen) atoms. The van der Waals surface area contributed by atoms with Crippen molar-refractivity contribution in [2.45, 2.75) is 12.1 Å². The lowest BCUT2D eigenvalue weighted by Crippen LogP contribution is -2.30. The number of rotatable bonds is 6. The molecule has 0 aliphatic carbocycles. The summed E-state index contributed by atoms with van der Waals surface area (Å²) in [6.07, 6.45) is 3.92. The fourth-order valence-electron chi connectivity index (χ4n) is 4.53. The molecule has 1 aliphatic heterocycles. The Bertz CT molecular complexity index is 1290. The van der Waals surface area contributed by atoms with E-state index in [-0.39, 0.29) is 12.1 Å². The van der Waals surface area contributed by atoms with E-state index in [1.807, 2.05) is 62.8 Å². The minimum absolute atomic E-state index is 0.131. The van der Waals surface area contributed by atoms with Gasteiger partial charge in [0.2, 0.25) is 0 Å². The van der Waals surface area contributed by atoms with E-state index in [9.17, 15) is 0 Å². The van der Waals surface area contributed by atoms with E-state index in [1.165, 1.54) is 0 Å². The topological polar surface area (TPSA) is 45.6 Å². The molecule has 2 aromatic carbocycles. The highest BCUT2D eigenvalue weighted by Gasteiger charge is 2.43. The number of ether oxygens (including phenoxy) is 1. The second-order valence-corrected chi connectivity index (χ2v) is 8.77. The Hall–Kier alpha value is -3.84. The van der Waals surface area contributed by atoms with Crippen molar-refractivity contribution in [3.05, 3.63) is 103 Å². The molecule has 5 rings (SSSR count). The molecule has 0 bridgehead atoms. The Morgan fingerprint density at radius 3 is 2.41 bits per heavy atom. The number of thiocarbonyl (C=S) groups is 1. The third-order valence-corrected chi connectivity index (χ3v) is 6.48. The van der Waals surface area contributed by atoms with Crippen LogP contribution >= 0.6 is 12.2 Å². The van der Waals surface area contributed by atoms with E-state index >= 15 is 0 Å². The van der Waals surface area contributed by atoms with Gasteiger partial charge in [0, 0.05) is 43.6 Å². The average Bonchev–Trinajstić information content (AvgIpc) is 3.48. The first-order chi connectivity index (χ1) is 16.6. The van der Waals surface area contributed by atoms with Gasteiger partial charge in [-0.25, -0.2) is 0 Å². The monoisotopic (exact) mass is 469 g/mol. The van der Waals surface area contributed by atoms with E-state index in [0.29, 0.717) is 5.11 Å². The summed E-state index contributed by atoms with van der Waals surface area (Å²) in [6, 6.07) is 26.5. The molecule has 4 aromatic rings. The quantitative estimate of drug-likeness (QED) is 0.395. The molecule has 1 fully saturated rings. The lowest BCUT2D eigenvalue weighted by molar-refractivity contribution is 0.414. The van der Waals surface area contributed by atoms with E-state index in [2.05, 4.69) is 67.3 Å². The van der Waals surface area contributed by atoms with Crippen molar-refractivity contribution >= 4 is 28.7 Å². The predicted molar refractivity (Wildman–Crippen MR) is 141 cm³/mol. The highest BCUT2D eigenvalue weighted by atomic mass is 32.1. The summed E-state index contributed by atoms with van der Waals surface area (Å²) in [4.78, 5) is 8.91. The van der Waals surface area contributed by atoms with Crippen molar-refractivity contribution in [2.75, 3.05) is 31.0 Å². The van der Waals surface area contributed by atoms with E-state index < -0.39 is 0 Å². The summed E-state index contributed by atoms with van der Waals surface area (Å²) in [5.74, 6) is 0.770. The third-order valence-electron chi connectivity index (χ3n) is 6.17. The van der Waals surface area contributed by atoms with Crippen LogP contribution in [0.25, 0.3) is 5.69 Å². The van der Waals surface area contributed by atoms with Gasteiger partial charge in [-0.3, -0.25) is 4.98 Å². The third kappa shape index (κ3) is 3.88. The van der Waals surface area contributed by atoms with Gasteiger partial charge in [-0.1, -0.05) is 18.2 Å². The standard InChI is InChI=1S/C27H27N5OS/c1-30(2)19-13-15-20(16-14-19)31-18-8-11-23(31)26-25(21-9-6-7-17-28-21)29-27(34)32(26)22-10-4-5-12-24(22)33-3/h4-18,25-26H,1-3H3,(H,29,34)/t25-,26+/m0/s1. The maximum absolute atomic E-state index is 5.88. The van der Waals surface area contributed by atoms with Crippen LogP contribution in [0.4, 0.5) is 11.4 Å². The maximum Gasteiger partial charge on any atom is 0.174 e. The molecule has 0 saturated carbocycles. The Morgan fingerprint density at radius 2 is 1.71 bits per heavy atom. The van der Waals surface area contributed by atoms with Gasteiger partial charge in [-0.15, -0.1) is 0 Å². The average molecular weight is 470 g/mol. The van der Waals surface area contributed by atoms with Gasteiger partial charge >= 0.3 is 0 Å². The van der Waals surface area contributed by atoms with Crippen LogP contribution in [0.5, 0.6) is 5.75 Å². The molecule has 0 radical (unpaired) electrons. The molecule has 2 aromatic heterocycles. The first kappa shape index (κ1) is 22.0. The zero-order chi connectivity index (χ0) is 23.7. The minimum atomic E-state index is -0.137. The molecule has 1 aliphatic rings. The Balaban J connectivity index is 1.65. The van der Waals surface area contributed by atoms with Crippen molar-refractivity contribution in [3.63, 3.8) is 0 Å². The highest BCUT2D eigenvalue weighted by Crippen LogP contribution is 2.44. The Morgan fingerprint density at radius 1 is 0.941 bits per heavy atom. The number of hydrogen-bond acceptors (Lipinski definition) is 4. The number of pyridine rings is 1. The molecule has 2 atom stereocenters. The summed E-state index contributed by atoms with van der Waals surface area (Å²) in [7, 11) is 5.78. The van der Waals surface area contributed by atoms with Gasteiger partial charge in [0.05, 0.1) is 24.5 Å². The number of nitrogens with zero attached hydrogens (tertiary/aromatic N) is 4. The van der Waals surface area contributed by atoms with Crippen molar-refractivity contribution in [3.8, 4) is 11.4 Å². The normalized spacial score (nSPS) is 17.5. The van der Waals surface area contributed by atoms with Crippen LogP contribution in [0.1, 0.15) is 23.5 Å². The van der Waals surface area contributed by atoms with Crippen molar-refractivity contribution in [1.82, 2.24) is 14.9 Å². The summed E-state index contributed by atoms with van der Waals surface area (Å²) in [5.41, 5.74) is 5.20. The van der Waals surface area contributed by atoms with Crippen LogP contribution in [0, 0.1) is 0 Å². The van der Waals surface area contributed by atoms with Gasteiger partial charge in [0.25, 0.3) is 0 Å². The number of aromatic nitrogens is 2. The number of anilines is 2. The molecule has 0 amide bonds. The first-order valence-corrected chi connectivity index (χ1v) is 11.6. The van der Waals surface area contributed by atoms with Crippen LogP contribution in [0.15, 0.2) is 91.3 Å². The van der Waals surface area contributed by atoms with Crippen molar-refractivity contribution in [1.29, 1.82) is 0 Å². The Kier molecular flexibility index (Phi) is 5.94. The second-order valence-electron chi connectivity index (χ2n) is 8.38. The lowest BCUT2D eigenvalue weighted by atomic mass is 10.0. The summed E-state index contributed by atoms with van der Waals surface area (Å²) >= 11 is 5.88. The molecule has 7 heteroatoms. The smallest absolute Gasteiger partial charge is 0.174 e. The fourth-order valence-corrected chi connectivity index (χ4v) is 4.86. The van der Waals surface area contributed by atoms with Crippen LogP contribution in [0.2, 0.25) is 0 Å². The molecular weight excluding hydrogens is 442 g/mol. The molecule has 3 heterocycles. The molecule has 1 saturated heterocycles. The van der Waals surface area contributed by atoms with E-state index in [0.717, 1.165) is 34.2 Å². The summed E-state index contributed by atoms with van der Waals surface area (Å²) in [6.45, 7) is 0. The lowest BCUT2D eigenvalue weighted by Gasteiger charge is -2.30. The van der Waals surface area contributed by atoms with Crippen LogP contribution in [-0.4, -0.2) is 35.9 Å². The second kappa shape index (κ2) is 9.19. The number of methoxy groups -OCH3 is 1. The minimum Gasteiger partial charge on any atom is -0.495 e. The van der Waals surface area contributed by atoms with Crippen LogP contribution in [-0.2, 0) is 0 Å². The molecule has 0 spiro atoms. The SMILES string of the molecule is COc1ccccc1N1C(=S)N[C@@H](c2ccccn2)[C@H]1c1cccn1-c1ccc(N(C)C)cc1. The van der Waals surface area contributed by atoms with Gasteiger partial charge in [-0.05, 0) is 72.9 Å².